The third kappa shape index (κ3) is 2.99. The largest absolute Gasteiger partial charge is 0.345 e. The first-order valence-electron chi connectivity index (χ1n) is 6.55. The van der Waals surface area contributed by atoms with E-state index in [9.17, 15) is 13.2 Å². The van der Waals surface area contributed by atoms with Gasteiger partial charge in [-0.15, -0.1) is 10.2 Å². The Hall–Kier alpha value is -2.09. The zero-order chi connectivity index (χ0) is 15.0. The van der Waals surface area contributed by atoms with Crippen LogP contribution in [-0.4, -0.2) is 47.1 Å². The van der Waals surface area contributed by atoms with Crippen molar-refractivity contribution in [3.63, 3.8) is 0 Å². The van der Waals surface area contributed by atoms with E-state index in [1.165, 1.54) is 0 Å². The smallest absolute Gasteiger partial charge is 0.291 e. The van der Waals surface area contributed by atoms with Crippen molar-refractivity contribution in [2.24, 2.45) is 0 Å². The van der Waals surface area contributed by atoms with Gasteiger partial charge in [0.2, 0.25) is 5.82 Å². The number of aromatic nitrogens is 3. The molecule has 1 aliphatic rings. The topological polar surface area (TPSA) is 102 Å². The maximum absolute atomic E-state index is 12.1. The zero-order valence-electron chi connectivity index (χ0n) is 11.4. The van der Waals surface area contributed by atoms with Gasteiger partial charge in [-0.3, -0.25) is 4.79 Å². The first kappa shape index (κ1) is 13.9. The molecule has 1 aromatic heterocycles. The van der Waals surface area contributed by atoms with Gasteiger partial charge < -0.3 is 5.32 Å². The zero-order valence-corrected chi connectivity index (χ0v) is 12.2. The Kier molecular flexibility index (Phi) is 3.32. The SMILES string of the molecule is Cc1ccc2nnc(C(=O)N[C@@H]3CCS(=O)(=O)C3)nc2c1. The fourth-order valence-corrected chi connectivity index (χ4v) is 3.97. The van der Waals surface area contributed by atoms with Gasteiger partial charge in [-0.2, -0.15) is 0 Å². The predicted molar refractivity (Wildman–Crippen MR) is 76.6 cm³/mol. The van der Waals surface area contributed by atoms with Crippen LogP contribution in [0.4, 0.5) is 0 Å². The Balaban J connectivity index is 1.81. The van der Waals surface area contributed by atoms with Gasteiger partial charge in [0.15, 0.2) is 9.84 Å². The molecule has 0 bridgehead atoms. The number of hydrogen-bond acceptors (Lipinski definition) is 6. The van der Waals surface area contributed by atoms with Gasteiger partial charge in [-0.25, -0.2) is 13.4 Å². The molecular formula is C13H14N4O3S. The summed E-state index contributed by atoms with van der Waals surface area (Å²) in [6.07, 6.45) is 0.425. The van der Waals surface area contributed by atoms with E-state index in [0.717, 1.165) is 5.56 Å². The number of carbonyl (C=O) groups excluding carboxylic acids is 1. The van der Waals surface area contributed by atoms with Gasteiger partial charge in [-0.1, -0.05) is 6.07 Å². The monoisotopic (exact) mass is 306 g/mol. The van der Waals surface area contributed by atoms with E-state index in [2.05, 4.69) is 20.5 Å². The molecule has 1 saturated heterocycles. The summed E-state index contributed by atoms with van der Waals surface area (Å²) in [5.74, 6) is -0.460. The van der Waals surface area contributed by atoms with Crippen molar-refractivity contribution < 1.29 is 13.2 Å². The highest BCUT2D eigenvalue weighted by Gasteiger charge is 2.29. The number of fused-ring (bicyclic) bond motifs is 1. The molecule has 0 radical (unpaired) electrons. The number of nitrogens with zero attached hydrogens (tertiary/aromatic N) is 3. The van der Waals surface area contributed by atoms with Gasteiger partial charge in [0.25, 0.3) is 5.91 Å². The maximum Gasteiger partial charge on any atom is 0.291 e. The molecule has 21 heavy (non-hydrogen) atoms. The number of benzene rings is 1. The molecule has 1 fully saturated rings. The highest BCUT2D eigenvalue weighted by Crippen LogP contribution is 2.13. The van der Waals surface area contributed by atoms with Crippen molar-refractivity contribution in [1.82, 2.24) is 20.5 Å². The minimum Gasteiger partial charge on any atom is -0.345 e. The molecule has 0 spiro atoms. The molecule has 1 atom stereocenters. The summed E-state index contributed by atoms with van der Waals surface area (Å²) in [4.78, 5) is 16.2. The van der Waals surface area contributed by atoms with Crippen molar-refractivity contribution in [3.05, 3.63) is 29.6 Å². The Morgan fingerprint density at radius 3 is 2.81 bits per heavy atom. The predicted octanol–water partition coefficient (Wildman–Crippen LogP) is 0.250. The number of sulfone groups is 1. The van der Waals surface area contributed by atoms with E-state index in [0.29, 0.717) is 17.5 Å². The van der Waals surface area contributed by atoms with E-state index in [4.69, 9.17) is 0 Å². The van der Waals surface area contributed by atoms with Crippen LogP contribution in [0.1, 0.15) is 22.6 Å². The summed E-state index contributed by atoms with van der Waals surface area (Å²) >= 11 is 0. The average Bonchev–Trinajstić information content (AvgIpc) is 2.77. The van der Waals surface area contributed by atoms with Crippen LogP contribution in [0.25, 0.3) is 11.0 Å². The van der Waals surface area contributed by atoms with Crippen LogP contribution in [0, 0.1) is 6.92 Å². The fraction of sp³-hybridized carbons (Fsp3) is 0.385. The molecule has 0 aliphatic carbocycles. The molecule has 0 unspecified atom stereocenters. The van der Waals surface area contributed by atoms with Gasteiger partial charge in [0, 0.05) is 6.04 Å². The van der Waals surface area contributed by atoms with Gasteiger partial charge in [0.1, 0.15) is 5.52 Å². The lowest BCUT2D eigenvalue weighted by atomic mass is 10.2. The third-order valence-corrected chi connectivity index (χ3v) is 5.15. The molecule has 1 aliphatic heterocycles. The Labute approximate surface area is 121 Å². The van der Waals surface area contributed by atoms with Gasteiger partial charge >= 0.3 is 0 Å². The summed E-state index contributed by atoms with van der Waals surface area (Å²) in [7, 11) is -3.03. The minimum atomic E-state index is -3.03. The fourth-order valence-electron chi connectivity index (χ4n) is 2.30. The van der Waals surface area contributed by atoms with E-state index in [1.807, 2.05) is 19.1 Å². The summed E-state index contributed by atoms with van der Waals surface area (Å²) in [5, 5.41) is 10.4. The second kappa shape index (κ2) is 5.03. The molecule has 2 heterocycles. The second-order valence-electron chi connectivity index (χ2n) is 5.20. The van der Waals surface area contributed by atoms with Gasteiger partial charge in [0.05, 0.1) is 17.0 Å². The summed E-state index contributed by atoms with van der Waals surface area (Å²) < 4.78 is 22.8. The molecule has 8 heteroatoms. The number of amides is 1. The number of carbonyl (C=O) groups is 1. The Morgan fingerprint density at radius 2 is 2.10 bits per heavy atom. The molecule has 1 aromatic carbocycles. The Bertz CT molecular complexity index is 819. The number of hydrogen-bond donors (Lipinski definition) is 1. The second-order valence-corrected chi connectivity index (χ2v) is 7.43. The van der Waals surface area contributed by atoms with Crippen LogP contribution in [0.2, 0.25) is 0 Å². The molecule has 7 nitrogen and oxygen atoms in total. The summed E-state index contributed by atoms with van der Waals surface area (Å²) in [6, 6.07) is 5.12. The normalized spacial score (nSPS) is 20.5. The van der Waals surface area contributed by atoms with Gasteiger partial charge in [-0.05, 0) is 31.0 Å². The van der Waals surface area contributed by atoms with Crippen molar-refractivity contribution in [2.75, 3.05) is 11.5 Å². The number of aryl methyl sites for hydroxylation is 1. The van der Waals surface area contributed by atoms with Crippen molar-refractivity contribution in [3.8, 4) is 0 Å². The van der Waals surface area contributed by atoms with Crippen LogP contribution in [0.3, 0.4) is 0 Å². The van der Waals surface area contributed by atoms with Crippen molar-refractivity contribution in [1.29, 1.82) is 0 Å². The first-order chi connectivity index (χ1) is 9.93. The number of rotatable bonds is 2. The maximum atomic E-state index is 12.1. The molecule has 2 aromatic rings. The lowest BCUT2D eigenvalue weighted by molar-refractivity contribution is 0.0930. The van der Waals surface area contributed by atoms with Crippen LogP contribution < -0.4 is 5.32 Å². The molecule has 0 saturated carbocycles. The summed E-state index contributed by atoms with van der Waals surface area (Å²) in [5.41, 5.74) is 2.21. The third-order valence-electron chi connectivity index (χ3n) is 3.38. The van der Waals surface area contributed by atoms with E-state index < -0.39 is 15.7 Å². The van der Waals surface area contributed by atoms with E-state index in [-0.39, 0.29) is 23.4 Å². The molecule has 110 valence electrons. The lowest BCUT2D eigenvalue weighted by Gasteiger charge is -2.09. The minimum absolute atomic E-state index is 0.0289. The van der Waals surface area contributed by atoms with E-state index >= 15 is 0 Å². The van der Waals surface area contributed by atoms with Crippen LogP contribution >= 0.6 is 0 Å². The Morgan fingerprint density at radius 1 is 1.29 bits per heavy atom. The highest BCUT2D eigenvalue weighted by atomic mass is 32.2. The molecule has 1 amide bonds. The van der Waals surface area contributed by atoms with Crippen LogP contribution in [-0.2, 0) is 9.84 Å². The van der Waals surface area contributed by atoms with Crippen LogP contribution in [0.15, 0.2) is 18.2 Å². The standard InChI is InChI=1S/C13H14N4O3S/c1-8-2-3-10-11(6-8)15-12(17-16-10)13(18)14-9-4-5-21(19,20)7-9/h2-3,6,9H,4-5,7H2,1H3,(H,14,18)/t9-/m1/s1. The van der Waals surface area contributed by atoms with Crippen molar-refractivity contribution in [2.45, 2.75) is 19.4 Å². The quantitative estimate of drug-likeness (QED) is 0.853. The first-order valence-corrected chi connectivity index (χ1v) is 8.37. The number of nitrogens with one attached hydrogen (secondary N) is 1. The van der Waals surface area contributed by atoms with Crippen LogP contribution in [0.5, 0.6) is 0 Å². The highest BCUT2D eigenvalue weighted by molar-refractivity contribution is 7.91. The molecular weight excluding hydrogens is 292 g/mol. The van der Waals surface area contributed by atoms with E-state index in [1.54, 1.807) is 6.07 Å². The molecule has 1 N–H and O–H groups in total. The lowest BCUT2D eigenvalue weighted by Crippen LogP contribution is -2.36. The summed E-state index contributed by atoms with van der Waals surface area (Å²) in [6.45, 7) is 1.92. The molecule has 3 rings (SSSR count). The van der Waals surface area contributed by atoms with Crippen molar-refractivity contribution >= 4 is 26.8 Å². The average molecular weight is 306 g/mol.